The summed E-state index contributed by atoms with van der Waals surface area (Å²) in [7, 11) is 0. The Hall–Kier alpha value is -4.63. The minimum Gasteiger partial charge on any atom is -0.485 e. The van der Waals surface area contributed by atoms with Gasteiger partial charge in [-0.3, -0.25) is 4.79 Å². The van der Waals surface area contributed by atoms with Crippen molar-refractivity contribution in [1.82, 2.24) is 4.98 Å². The van der Waals surface area contributed by atoms with E-state index < -0.39 is 0 Å². The molecule has 6 heteroatoms. The first-order valence-electron chi connectivity index (χ1n) is 10.4. The number of benzene rings is 3. The molecule has 0 saturated carbocycles. The van der Waals surface area contributed by atoms with Gasteiger partial charge in [0.25, 0.3) is 5.91 Å². The second-order valence-corrected chi connectivity index (χ2v) is 7.18. The largest absolute Gasteiger partial charge is 0.485 e. The number of carbonyl (C=O) groups is 1. The molecule has 33 heavy (non-hydrogen) atoms. The van der Waals surface area contributed by atoms with Crippen LogP contribution in [0.1, 0.15) is 27.0 Å². The van der Waals surface area contributed by atoms with Crippen LogP contribution in [0, 0.1) is 11.3 Å². The van der Waals surface area contributed by atoms with Crippen LogP contribution < -0.4 is 14.8 Å². The molecule has 0 aliphatic heterocycles. The Morgan fingerprint density at radius 2 is 1.48 bits per heavy atom. The number of amides is 1. The number of para-hydroxylation sites is 1. The molecule has 0 spiro atoms. The molecule has 3 aromatic carbocycles. The Morgan fingerprint density at radius 1 is 0.818 bits per heavy atom. The second-order valence-electron chi connectivity index (χ2n) is 7.18. The van der Waals surface area contributed by atoms with Crippen LogP contribution in [0.5, 0.6) is 11.5 Å². The van der Waals surface area contributed by atoms with E-state index >= 15 is 0 Å². The third-order valence-electron chi connectivity index (χ3n) is 4.82. The monoisotopic (exact) mass is 435 g/mol. The molecule has 1 aromatic heterocycles. The Bertz CT molecular complexity index is 1250. The lowest BCUT2D eigenvalue weighted by Gasteiger charge is -2.16. The van der Waals surface area contributed by atoms with Gasteiger partial charge in [-0.15, -0.1) is 0 Å². The number of ether oxygens (including phenoxy) is 2. The zero-order valence-corrected chi connectivity index (χ0v) is 17.8. The van der Waals surface area contributed by atoms with E-state index in [-0.39, 0.29) is 12.5 Å². The molecule has 0 unspecified atom stereocenters. The zero-order chi connectivity index (χ0) is 22.9. The topological polar surface area (TPSA) is 84.2 Å². The number of rotatable bonds is 8. The minimum absolute atomic E-state index is 0.280. The van der Waals surface area contributed by atoms with Crippen molar-refractivity contribution in [3.05, 3.63) is 119 Å². The lowest BCUT2D eigenvalue weighted by Crippen LogP contribution is -2.15. The zero-order valence-electron chi connectivity index (χ0n) is 17.8. The number of aromatic nitrogens is 1. The van der Waals surface area contributed by atoms with Crippen LogP contribution in [0.2, 0.25) is 0 Å². The fourth-order valence-corrected chi connectivity index (χ4v) is 3.14. The molecular weight excluding hydrogens is 414 g/mol. The fraction of sp³-hybridized carbons (Fsp3) is 0.0741. The Morgan fingerprint density at radius 3 is 2.09 bits per heavy atom. The molecule has 6 nitrogen and oxygen atoms in total. The van der Waals surface area contributed by atoms with Crippen molar-refractivity contribution in [2.45, 2.75) is 13.2 Å². The maximum Gasteiger partial charge on any atom is 0.260 e. The number of pyridine rings is 1. The number of nitriles is 1. The van der Waals surface area contributed by atoms with Crippen LogP contribution >= 0.6 is 0 Å². The highest BCUT2D eigenvalue weighted by Crippen LogP contribution is 2.33. The number of nitrogens with one attached hydrogen (secondary N) is 1. The van der Waals surface area contributed by atoms with Gasteiger partial charge in [-0.2, -0.15) is 5.26 Å². The summed E-state index contributed by atoms with van der Waals surface area (Å²) in [4.78, 5) is 17.2. The molecule has 1 heterocycles. The maximum atomic E-state index is 13.1. The molecule has 0 aliphatic rings. The third kappa shape index (κ3) is 5.75. The van der Waals surface area contributed by atoms with Crippen LogP contribution in [0.15, 0.2) is 97.2 Å². The van der Waals surface area contributed by atoms with Gasteiger partial charge in [-0.1, -0.05) is 66.7 Å². The molecule has 0 aliphatic carbocycles. The fourth-order valence-electron chi connectivity index (χ4n) is 3.14. The molecular formula is C27H21N3O3. The molecule has 162 valence electrons. The molecule has 1 N–H and O–H groups in total. The van der Waals surface area contributed by atoms with E-state index in [4.69, 9.17) is 14.7 Å². The van der Waals surface area contributed by atoms with E-state index in [1.54, 1.807) is 30.3 Å². The van der Waals surface area contributed by atoms with E-state index in [0.717, 1.165) is 11.1 Å². The molecule has 4 rings (SSSR count). The summed E-state index contributed by atoms with van der Waals surface area (Å²) >= 11 is 0. The van der Waals surface area contributed by atoms with Crippen molar-refractivity contribution in [3.63, 3.8) is 0 Å². The van der Waals surface area contributed by atoms with Gasteiger partial charge < -0.3 is 14.8 Å². The predicted molar refractivity (Wildman–Crippen MR) is 125 cm³/mol. The van der Waals surface area contributed by atoms with Crippen molar-refractivity contribution in [3.8, 4) is 17.6 Å². The molecule has 4 aromatic rings. The molecule has 0 atom stereocenters. The molecule has 0 fully saturated rings. The standard InChI is InChI=1S/C27H21N3O3/c28-16-22-14-15-25(29-17-22)30-27(31)23-12-7-13-24(32-18-20-8-3-1-4-9-20)26(23)33-19-21-10-5-2-6-11-21/h1-15,17H,18-19H2,(H,29,30,31). The number of nitrogens with zero attached hydrogens (tertiary/aromatic N) is 2. The quantitative estimate of drug-likeness (QED) is 0.403. The summed E-state index contributed by atoms with van der Waals surface area (Å²) in [6.07, 6.45) is 1.40. The van der Waals surface area contributed by atoms with Crippen LogP contribution in [0.4, 0.5) is 5.82 Å². The van der Waals surface area contributed by atoms with E-state index in [9.17, 15) is 4.79 Å². The van der Waals surface area contributed by atoms with Gasteiger partial charge in [0.15, 0.2) is 11.5 Å². The van der Waals surface area contributed by atoms with Gasteiger partial charge in [0.2, 0.25) is 0 Å². The van der Waals surface area contributed by atoms with Crippen LogP contribution in [0.25, 0.3) is 0 Å². The molecule has 0 bridgehead atoms. The summed E-state index contributed by atoms with van der Waals surface area (Å²) in [5.41, 5.74) is 2.71. The van der Waals surface area contributed by atoms with E-state index in [1.165, 1.54) is 6.20 Å². The molecule has 0 radical (unpaired) electrons. The Balaban J connectivity index is 1.59. The average Bonchev–Trinajstić information content (AvgIpc) is 2.88. The number of hydrogen-bond acceptors (Lipinski definition) is 5. The SMILES string of the molecule is N#Cc1ccc(NC(=O)c2cccc(OCc3ccccc3)c2OCc2ccccc2)nc1. The van der Waals surface area contributed by atoms with Gasteiger partial charge in [-0.25, -0.2) is 4.98 Å². The number of carbonyl (C=O) groups excluding carboxylic acids is 1. The molecule has 1 amide bonds. The van der Waals surface area contributed by atoms with Crippen molar-refractivity contribution in [1.29, 1.82) is 5.26 Å². The number of anilines is 1. The van der Waals surface area contributed by atoms with E-state index in [2.05, 4.69) is 10.3 Å². The van der Waals surface area contributed by atoms with Gasteiger partial charge in [0.1, 0.15) is 25.1 Å². The summed E-state index contributed by atoms with van der Waals surface area (Å²) in [5, 5.41) is 11.7. The highest BCUT2D eigenvalue weighted by Gasteiger charge is 2.19. The first-order chi connectivity index (χ1) is 16.2. The highest BCUT2D eigenvalue weighted by atomic mass is 16.5. The normalized spacial score (nSPS) is 10.2. The summed E-state index contributed by atoms with van der Waals surface area (Å²) in [5.74, 6) is 0.766. The van der Waals surface area contributed by atoms with Crippen LogP contribution in [-0.2, 0) is 13.2 Å². The van der Waals surface area contributed by atoms with Crippen LogP contribution in [0.3, 0.4) is 0 Å². The summed E-state index contributed by atoms with van der Waals surface area (Å²) in [6, 6.07) is 29.9. The smallest absolute Gasteiger partial charge is 0.260 e. The summed E-state index contributed by atoms with van der Waals surface area (Å²) < 4.78 is 12.1. The van der Waals surface area contributed by atoms with Gasteiger partial charge in [-0.05, 0) is 35.4 Å². The summed E-state index contributed by atoms with van der Waals surface area (Å²) in [6.45, 7) is 0.618. The van der Waals surface area contributed by atoms with Crippen molar-refractivity contribution < 1.29 is 14.3 Å². The van der Waals surface area contributed by atoms with E-state index in [1.807, 2.05) is 66.7 Å². The minimum atomic E-state index is -0.388. The highest BCUT2D eigenvalue weighted by molar-refractivity contribution is 6.06. The molecule has 0 saturated heterocycles. The third-order valence-corrected chi connectivity index (χ3v) is 4.82. The average molecular weight is 435 g/mol. The Labute approximate surface area is 192 Å². The van der Waals surface area contributed by atoms with Gasteiger partial charge in [0, 0.05) is 6.20 Å². The van der Waals surface area contributed by atoms with Crippen LogP contribution in [-0.4, -0.2) is 10.9 Å². The second kappa shape index (κ2) is 10.6. The first kappa shape index (κ1) is 21.6. The Kier molecular flexibility index (Phi) is 6.94. The van der Waals surface area contributed by atoms with Gasteiger partial charge in [0.05, 0.1) is 11.1 Å². The maximum absolute atomic E-state index is 13.1. The van der Waals surface area contributed by atoms with Gasteiger partial charge >= 0.3 is 0 Å². The van der Waals surface area contributed by atoms with E-state index in [0.29, 0.717) is 35.1 Å². The van der Waals surface area contributed by atoms with Crippen molar-refractivity contribution >= 4 is 11.7 Å². The lowest BCUT2D eigenvalue weighted by molar-refractivity contribution is 0.102. The van der Waals surface area contributed by atoms with Crippen molar-refractivity contribution in [2.24, 2.45) is 0 Å². The first-order valence-corrected chi connectivity index (χ1v) is 10.4. The lowest BCUT2D eigenvalue weighted by atomic mass is 10.1. The number of hydrogen-bond donors (Lipinski definition) is 1. The van der Waals surface area contributed by atoms with Crippen molar-refractivity contribution in [2.75, 3.05) is 5.32 Å². The predicted octanol–water partition coefficient (Wildman–Crippen LogP) is 5.36.